The number of hydrogen-bond acceptors (Lipinski definition) is 6. The van der Waals surface area contributed by atoms with Gasteiger partial charge in [0.2, 0.25) is 5.91 Å². The zero-order valence-corrected chi connectivity index (χ0v) is 19.7. The summed E-state index contributed by atoms with van der Waals surface area (Å²) in [6.45, 7) is 1.57. The smallest absolute Gasteiger partial charge is 0.343 e. The first-order valence-corrected chi connectivity index (χ1v) is 11.3. The fourth-order valence-electron chi connectivity index (χ4n) is 3.65. The minimum atomic E-state index is -0.671. The molecule has 0 radical (unpaired) electrons. The third kappa shape index (κ3) is 5.75. The van der Waals surface area contributed by atoms with E-state index in [0.717, 1.165) is 5.56 Å². The molecule has 3 aromatic carbocycles. The fraction of sp³-hybridized carbons (Fsp3) is 0.185. The zero-order valence-electron chi connectivity index (χ0n) is 18.9. The molecular weight excluding hydrogens is 470 g/mol. The molecule has 4 rings (SSSR count). The van der Waals surface area contributed by atoms with E-state index in [9.17, 15) is 19.2 Å². The van der Waals surface area contributed by atoms with Crippen LogP contribution >= 0.6 is 11.6 Å². The lowest BCUT2D eigenvalue weighted by molar-refractivity contribution is -0.147. The number of aryl methyl sites for hydroxylation is 1. The van der Waals surface area contributed by atoms with E-state index in [0.29, 0.717) is 21.8 Å². The maximum Gasteiger partial charge on any atom is 0.343 e. The summed E-state index contributed by atoms with van der Waals surface area (Å²) in [5.74, 6) is -2.12. The molecule has 1 fully saturated rings. The molecule has 178 valence electrons. The van der Waals surface area contributed by atoms with E-state index in [1.807, 2.05) is 13.0 Å². The van der Waals surface area contributed by atoms with Gasteiger partial charge in [-0.15, -0.1) is 0 Å². The fourth-order valence-corrected chi connectivity index (χ4v) is 3.83. The summed E-state index contributed by atoms with van der Waals surface area (Å²) in [5.41, 5.74) is 2.22. The highest BCUT2D eigenvalue weighted by Crippen LogP contribution is 2.29. The van der Waals surface area contributed by atoms with Crippen molar-refractivity contribution in [2.24, 2.45) is 5.92 Å². The molecule has 1 heterocycles. The van der Waals surface area contributed by atoms with Gasteiger partial charge in [0.15, 0.2) is 12.4 Å². The number of Topliss-reactive ketones (excluding diaryl/α,β-unsaturated/α-hetero) is 1. The minimum Gasteiger partial charge on any atom is -0.457 e. The van der Waals surface area contributed by atoms with Gasteiger partial charge >= 0.3 is 11.9 Å². The summed E-state index contributed by atoms with van der Waals surface area (Å²) in [7, 11) is 0. The van der Waals surface area contributed by atoms with Crippen molar-refractivity contribution >= 4 is 40.9 Å². The molecule has 0 N–H and O–H groups in total. The summed E-state index contributed by atoms with van der Waals surface area (Å²) in [5, 5.41) is 0.535. The predicted molar refractivity (Wildman–Crippen MR) is 130 cm³/mol. The molecule has 0 bridgehead atoms. The second-order valence-corrected chi connectivity index (χ2v) is 8.56. The number of halogens is 1. The largest absolute Gasteiger partial charge is 0.457 e. The number of hydrogen-bond donors (Lipinski definition) is 0. The molecule has 1 amide bonds. The highest BCUT2D eigenvalue weighted by atomic mass is 35.5. The van der Waals surface area contributed by atoms with Gasteiger partial charge < -0.3 is 14.4 Å². The second-order valence-electron chi connectivity index (χ2n) is 8.15. The van der Waals surface area contributed by atoms with Gasteiger partial charge in [-0.3, -0.25) is 14.4 Å². The van der Waals surface area contributed by atoms with Crippen LogP contribution in [0.5, 0.6) is 5.75 Å². The van der Waals surface area contributed by atoms with Crippen molar-refractivity contribution in [3.8, 4) is 5.75 Å². The molecule has 7 nitrogen and oxygen atoms in total. The Kier molecular flexibility index (Phi) is 7.27. The summed E-state index contributed by atoms with van der Waals surface area (Å²) in [6, 6.07) is 19.8. The molecule has 1 aliphatic rings. The van der Waals surface area contributed by atoms with E-state index >= 15 is 0 Å². The molecule has 1 saturated heterocycles. The Labute approximate surface area is 207 Å². The minimum absolute atomic E-state index is 0.00000196. The van der Waals surface area contributed by atoms with Crippen LogP contribution in [-0.2, 0) is 14.3 Å². The Morgan fingerprint density at radius 1 is 0.971 bits per heavy atom. The normalized spacial score (nSPS) is 15.1. The maximum atomic E-state index is 12.5. The van der Waals surface area contributed by atoms with Crippen molar-refractivity contribution in [3.63, 3.8) is 0 Å². The quantitative estimate of drug-likeness (QED) is 0.271. The molecule has 1 aliphatic heterocycles. The number of carbonyl (C=O) groups excluding carboxylic acids is 4. The summed E-state index contributed by atoms with van der Waals surface area (Å²) in [6.07, 6.45) is -0.00000196. The summed E-state index contributed by atoms with van der Waals surface area (Å²) >= 11 is 6.15. The first kappa shape index (κ1) is 24.2. The van der Waals surface area contributed by atoms with Crippen LogP contribution in [0.4, 0.5) is 5.69 Å². The predicted octanol–water partition coefficient (Wildman–Crippen LogP) is 4.65. The van der Waals surface area contributed by atoms with Crippen LogP contribution in [0, 0.1) is 12.8 Å². The number of anilines is 1. The lowest BCUT2D eigenvalue weighted by atomic mass is 10.1. The molecule has 35 heavy (non-hydrogen) atoms. The summed E-state index contributed by atoms with van der Waals surface area (Å²) in [4.78, 5) is 51.0. The number of nitrogens with zero attached hydrogens (tertiary/aromatic N) is 1. The third-order valence-corrected chi connectivity index (χ3v) is 6.07. The van der Waals surface area contributed by atoms with E-state index in [4.69, 9.17) is 21.1 Å². The first-order valence-electron chi connectivity index (χ1n) is 11.0. The topological polar surface area (TPSA) is 90.0 Å². The van der Waals surface area contributed by atoms with E-state index in [1.54, 1.807) is 42.5 Å². The van der Waals surface area contributed by atoms with Gasteiger partial charge in [0, 0.05) is 29.2 Å². The Balaban J connectivity index is 1.29. The average Bonchev–Trinajstić information content (AvgIpc) is 3.26. The Bertz CT molecular complexity index is 1270. The van der Waals surface area contributed by atoms with Gasteiger partial charge in [-0.05, 0) is 61.0 Å². The molecule has 0 saturated carbocycles. The van der Waals surface area contributed by atoms with Gasteiger partial charge in [0.25, 0.3) is 0 Å². The SMILES string of the molecule is Cc1ccc(N2C[C@H](C(=O)OCC(=O)c3ccc(OC(=O)c4ccccc4)cc3)CC2=O)cc1Cl. The van der Waals surface area contributed by atoms with E-state index in [2.05, 4.69) is 0 Å². The monoisotopic (exact) mass is 491 g/mol. The van der Waals surface area contributed by atoms with Gasteiger partial charge in [-0.25, -0.2) is 4.79 Å². The highest BCUT2D eigenvalue weighted by Gasteiger charge is 2.36. The molecule has 0 aliphatic carbocycles. The Morgan fingerprint density at radius 3 is 2.37 bits per heavy atom. The third-order valence-electron chi connectivity index (χ3n) is 5.67. The zero-order chi connectivity index (χ0) is 24.9. The maximum absolute atomic E-state index is 12.5. The van der Waals surface area contributed by atoms with Crippen LogP contribution in [-0.4, -0.2) is 36.8 Å². The number of ketones is 1. The molecule has 0 spiro atoms. The first-order chi connectivity index (χ1) is 16.8. The number of carbonyl (C=O) groups is 4. The van der Waals surface area contributed by atoms with Crippen LogP contribution in [0.2, 0.25) is 5.02 Å². The lowest BCUT2D eigenvalue weighted by Crippen LogP contribution is -2.27. The van der Waals surface area contributed by atoms with Crippen molar-refractivity contribution in [2.45, 2.75) is 13.3 Å². The van der Waals surface area contributed by atoms with Crippen molar-refractivity contribution in [1.29, 1.82) is 0 Å². The highest BCUT2D eigenvalue weighted by molar-refractivity contribution is 6.31. The Hall–Kier alpha value is -3.97. The molecule has 1 atom stereocenters. The van der Waals surface area contributed by atoms with Crippen molar-refractivity contribution in [3.05, 3.63) is 94.5 Å². The van der Waals surface area contributed by atoms with Crippen molar-refractivity contribution in [2.75, 3.05) is 18.1 Å². The van der Waals surface area contributed by atoms with Crippen molar-refractivity contribution < 1.29 is 28.7 Å². The molecule has 3 aromatic rings. The number of amides is 1. The second kappa shape index (κ2) is 10.5. The molecule has 0 aromatic heterocycles. The van der Waals surface area contributed by atoms with Crippen LogP contribution in [0.15, 0.2) is 72.8 Å². The van der Waals surface area contributed by atoms with Crippen molar-refractivity contribution in [1.82, 2.24) is 0 Å². The lowest BCUT2D eigenvalue weighted by Gasteiger charge is -2.17. The van der Waals surface area contributed by atoms with E-state index < -0.39 is 30.2 Å². The van der Waals surface area contributed by atoms with Crippen LogP contribution in [0.25, 0.3) is 0 Å². The molecular formula is C27H22ClNO6. The van der Waals surface area contributed by atoms with Gasteiger partial charge in [0.05, 0.1) is 11.5 Å². The molecule has 0 unspecified atom stereocenters. The number of ether oxygens (including phenoxy) is 2. The van der Waals surface area contributed by atoms with E-state index in [-0.39, 0.29) is 24.6 Å². The van der Waals surface area contributed by atoms with Gasteiger partial charge in [0.1, 0.15) is 5.75 Å². The van der Waals surface area contributed by atoms with Gasteiger partial charge in [-0.2, -0.15) is 0 Å². The van der Waals surface area contributed by atoms with Crippen LogP contribution in [0.3, 0.4) is 0 Å². The van der Waals surface area contributed by atoms with E-state index in [1.165, 1.54) is 29.2 Å². The summed E-state index contributed by atoms with van der Waals surface area (Å²) < 4.78 is 10.5. The number of esters is 2. The van der Waals surface area contributed by atoms with Crippen LogP contribution < -0.4 is 9.64 Å². The molecule has 8 heteroatoms. The number of rotatable bonds is 7. The standard InChI is InChI=1S/C27H22ClNO6/c1-17-7-10-21(14-23(17)28)29-15-20(13-25(29)31)26(32)34-16-24(30)18-8-11-22(12-9-18)35-27(33)19-5-3-2-4-6-19/h2-12,14,20H,13,15-16H2,1H3/t20-/m1/s1. The average molecular weight is 492 g/mol. The van der Waals surface area contributed by atoms with Gasteiger partial charge in [-0.1, -0.05) is 35.9 Å². The Morgan fingerprint density at radius 2 is 1.69 bits per heavy atom. The number of benzene rings is 3. The van der Waals surface area contributed by atoms with Crippen LogP contribution in [0.1, 0.15) is 32.7 Å².